The molecule has 0 aliphatic carbocycles. The van der Waals surface area contributed by atoms with Crippen LogP contribution >= 0.6 is 0 Å². The minimum atomic E-state index is -0.387. The predicted octanol–water partition coefficient (Wildman–Crippen LogP) is -0.569. The van der Waals surface area contributed by atoms with Crippen LogP contribution in [0.15, 0.2) is 0 Å². The van der Waals surface area contributed by atoms with Crippen molar-refractivity contribution in [1.29, 1.82) is 0 Å². The molecule has 1 rings (SSSR count). The third-order valence-corrected chi connectivity index (χ3v) is 3.18. The molecule has 0 saturated carbocycles. The minimum Gasteiger partial charge on any atom is -0.468 e. The van der Waals surface area contributed by atoms with Gasteiger partial charge in [0.05, 0.1) is 19.7 Å². The van der Waals surface area contributed by atoms with Crippen LogP contribution in [-0.4, -0.2) is 67.6 Å². The molecule has 0 aromatic rings. The Morgan fingerprint density at radius 2 is 1.89 bits per heavy atom. The third kappa shape index (κ3) is 4.27. The summed E-state index contributed by atoms with van der Waals surface area (Å²) in [5.41, 5.74) is 5.82. The third-order valence-electron chi connectivity index (χ3n) is 3.18. The summed E-state index contributed by atoms with van der Waals surface area (Å²) in [6, 6.07) is -0.387. The molecule has 0 bridgehead atoms. The zero-order chi connectivity index (χ0) is 13.5. The van der Waals surface area contributed by atoms with Crippen LogP contribution in [0.1, 0.15) is 19.8 Å². The van der Waals surface area contributed by atoms with Crippen molar-refractivity contribution >= 4 is 11.9 Å². The first-order valence-corrected chi connectivity index (χ1v) is 6.42. The van der Waals surface area contributed by atoms with Crippen molar-refractivity contribution in [2.24, 2.45) is 5.73 Å². The Labute approximate surface area is 108 Å². The number of ether oxygens (including phenoxy) is 1. The van der Waals surface area contributed by atoms with E-state index >= 15 is 0 Å². The fourth-order valence-electron chi connectivity index (χ4n) is 2.04. The van der Waals surface area contributed by atoms with Gasteiger partial charge in [-0.3, -0.25) is 14.5 Å². The topological polar surface area (TPSA) is 75.9 Å². The number of hydrogen-bond acceptors (Lipinski definition) is 5. The highest BCUT2D eigenvalue weighted by atomic mass is 16.5. The van der Waals surface area contributed by atoms with Gasteiger partial charge in [-0.1, -0.05) is 13.3 Å². The maximum Gasteiger partial charge on any atom is 0.319 e. The van der Waals surface area contributed by atoms with E-state index in [1.54, 1.807) is 4.90 Å². The normalized spacial score (nSPS) is 18.5. The van der Waals surface area contributed by atoms with Gasteiger partial charge in [0.15, 0.2) is 0 Å². The fourth-order valence-corrected chi connectivity index (χ4v) is 2.04. The summed E-state index contributed by atoms with van der Waals surface area (Å²) in [5.74, 6) is -0.216. The highest BCUT2D eigenvalue weighted by molar-refractivity contribution is 5.81. The summed E-state index contributed by atoms with van der Waals surface area (Å²) < 4.78 is 4.62. The zero-order valence-electron chi connectivity index (χ0n) is 11.2. The summed E-state index contributed by atoms with van der Waals surface area (Å²) in [6.07, 6.45) is 1.64. The number of hydrogen-bond donors (Lipinski definition) is 1. The van der Waals surface area contributed by atoms with E-state index in [4.69, 9.17) is 5.73 Å². The maximum absolute atomic E-state index is 12.0. The van der Waals surface area contributed by atoms with Gasteiger partial charge < -0.3 is 15.4 Å². The molecule has 1 amide bonds. The van der Waals surface area contributed by atoms with E-state index in [-0.39, 0.29) is 17.9 Å². The van der Waals surface area contributed by atoms with E-state index in [0.29, 0.717) is 32.7 Å². The van der Waals surface area contributed by atoms with Crippen LogP contribution in [0.5, 0.6) is 0 Å². The van der Waals surface area contributed by atoms with Crippen molar-refractivity contribution in [3.63, 3.8) is 0 Å². The maximum atomic E-state index is 12.0. The molecule has 6 nitrogen and oxygen atoms in total. The van der Waals surface area contributed by atoms with Crippen LogP contribution in [-0.2, 0) is 14.3 Å². The standard InChI is InChI=1S/C12H23N3O3/c1-3-4-10(13)12(17)15-7-5-14(6-8-15)9-11(16)18-2/h10H,3-9,13H2,1-2H3. The van der Waals surface area contributed by atoms with E-state index in [9.17, 15) is 9.59 Å². The van der Waals surface area contributed by atoms with Gasteiger partial charge in [-0.05, 0) is 6.42 Å². The van der Waals surface area contributed by atoms with E-state index < -0.39 is 0 Å². The van der Waals surface area contributed by atoms with Crippen molar-refractivity contribution < 1.29 is 14.3 Å². The second kappa shape index (κ2) is 7.33. The lowest BCUT2D eigenvalue weighted by molar-refractivity contribution is -0.142. The molecule has 0 spiro atoms. The first-order chi connectivity index (χ1) is 8.58. The summed E-state index contributed by atoms with van der Waals surface area (Å²) in [4.78, 5) is 26.9. The second-order valence-corrected chi connectivity index (χ2v) is 4.57. The molecule has 18 heavy (non-hydrogen) atoms. The molecule has 0 radical (unpaired) electrons. The predicted molar refractivity (Wildman–Crippen MR) is 67.9 cm³/mol. The molecule has 1 aliphatic heterocycles. The molecule has 1 fully saturated rings. The van der Waals surface area contributed by atoms with Crippen LogP contribution in [0.2, 0.25) is 0 Å². The lowest BCUT2D eigenvalue weighted by Gasteiger charge is -2.35. The lowest BCUT2D eigenvalue weighted by atomic mass is 10.1. The highest BCUT2D eigenvalue weighted by Crippen LogP contribution is 2.06. The van der Waals surface area contributed by atoms with Crippen LogP contribution in [0.25, 0.3) is 0 Å². The summed E-state index contributed by atoms with van der Waals surface area (Å²) in [6.45, 7) is 4.96. The van der Waals surface area contributed by atoms with Crippen molar-refractivity contribution in [1.82, 2.24) is 9.80 Å². The van der Waals surface area contributed by atoms with Crippen LogP contribution in [0.3, 0.4) is 0 Å². The molecule has 1 saturated heterocycles. The van der Waals surface area contributed by atoms with Crippen LogP contribution < -0.4 is 5.73 Å². The van der Waals surface area contributed by atoms with Gasteiger partial charge in [0.25, 0.3) is 0 Å². The lowest BCUT2D eigenvalue weighted by Crippen LogP contribution is -2.53. The number of rotatable bonds is 5. The van der Waals surface area contributed by atoms with Crippen LogP contribution in [0, 0.1) is 0 Å². The smallest absolute Gasteiger partial charge is 0.319 e. The van der Waals surface area contributed by atoms with Crippen molar-refractivity contribution in [2.45, 2.75) is 25.8 Å². The average Bonchev–Trinajstić information content (AvgIpc) is 2.39. The number of carbonyl (C=O) groups excluding carboxylic acids is 2. The monoisotopic (exact) mass is 257 g/mol. The molecule has 2 N–H and O–H groups in total. The average molecular weight is 257 g/mol. The van der Waals surface area contributed by atoms with E-state index in [0.717, 1.165) is 12.8 Å². The minimum absolute atomic E-state index is 0.0227. The van der Waals surface area contributed by atoms with E-state index in [1.807, 2.05) is 11.8 Å². The Morgan fingerprint density at radius 1 is 1.28 bits per heavy atom. The van der Waals surface area contributed by atoms with Gasteiger partial charge in [0.2, 0.25) is 5.91 Å². The molecule has 0 aromatic carbocycles. The number of esters is 1. The molecular formula is C12H23N3O3. The fraction of sp³-hybridized carbons (Fsp3) is 0.833. The van der Waals surface area contributed by atoms with Crippen molar-refractivity contribution in [2.75, 3.05) is 39.8 Å². The summed E-state index contributed by atoms with van der Waals surface area (Å²) >= 11 is 0. The molecule has 1 unspecified atom stereocenters. The van der Waals surface area contributed by atoms with Crippen molar-refractivity contribution in [3.8, 4) is 0 Å². The number of nitrogens with zero attached hydrogens (tertiary/aromatic N) is 2. The number of carbonyl (C=O) groups is 2. The first kappa shape index (κ1) is 14.9. The van der Waals surface area contributed by atoms with Gasteiger partial charge >= 0.3 is 5.97 Å². The van der Waals surface area contributed by atoms with Gasteiger partial charge in [0.1, 0.15) is 0 Å². The number of methoxy groups -OCH3 is 1. The Hall–Kier alpha value is -1.14. The van der Waals surface area contributed by atoms with Crippen LogP contribution in [0.4, 0.5) is 0 Å². The molecule has 1 atom stereocenters. The number of amides is 1. The van der Waals surface area contributed by atoms with Gasteiger partial charge in [0, 0.05) is 26.2 Å². The SMILES string of the molecule is CCCC(N)C(=O)N1CCN(CC(=O)OC)CC1. The van der Waals surface area contributed by atoms with Crippen molar-refractivity contribution in [3.05, 3.63) is 0 Å². The molecule has 104 valence electrons. The zero-order valence-corrected chi connectivity index (χ0v) is 11.2. The summed E-state index contributed by atoms with van der Waals surface area (Å²) in [5, 5.41) is 0. The quantitative estimate of drug-likeness (QED) is 0.668. The van der Waals surface area contributed by atoms with Gasteiger partial charge in [-0.15, -0.1) is 0 Å². The van der Waals surface area contributed by atoms with Gasteiger partial charge in [-0.25, -0.2) is 0 Å². The summed E-state index contributed by atoms with van der Waals surface area (Å²) in [7, 11) is 1.38. The molecule has 1 heterocycles. The number of piperazine rings is 1. The van der Waals surface area contributed by atoms with Gasteiger partial charge in [-0.2, -0.15) is 0 Å². The molecule has 1 aliphatic rings. The second-order valence-electron chi connectivity index (χ2n) is 4.57. The Bertz CT molecular complexity index is 288. The largest absolute Gasteiger partial charge is 0.468 e. The van der Waals surface area contributed by atoms with E-state index in [2.05, 4.69) is 4.74 Å². The first-order valence-electron chi connectivity index (χ1n) is 6.42. The molecule has 0 aromatic heterocycles. The highest BCUT2D eigenvalue weighted by Gasteiger charge is 2.25. The molecule has 6 heteroatoms. The molecular weight excluding hydrogens is 234 g/mol. The Morgan fingerprint density at radius 3 is 2.39 bits per heavy atom. The Balaban J connectivity index is 2.34. The van der Waals surface area contributed by atoms with E-state index in [1.165, 1.54) is 7.11 Å². The Kier molecular flexibility index (Phi) is 6.07. The number of nitrogens with two attached hydrogens (primary N) is 1.